The molecule has 0 aliphatic heterocycles. The summed E-state index contributed by atoms with van der Waals surface area (Å²) in [5.74, 6) is 1.90. The normalized spacial score (nSPS) is 17.0. The van der Waals surface area contributed by atoms with Crippen LogP contribution in [0.3, 0.4) is 0 Å². The van der Waals surface area contributed by atoms with Crippen LogP contribution in [0.5, 0.6) is 5.88 Å². The van der Waals surface area contributed by atoms with Gasteiger partial charge in [0, 0.05) is 0 Å². The zero-order valence-corrected chi connectivity index (χ0v) is 10.5. The van der Waals surface area contributed by atoms with Crippen molar-refractivity contribution < 1.29 is 4.74 Å². The lowest BCUT2D eigenvalue weighted by atomic mass is 9.90. The molecule has 0 saturated heterocycles. The summed E-state index contributed by atoms with van der Waals surface area (Å²) in [6.45, 7) is 2.81. The number of nitrogens with zero attached hydrogens (tertiary/aromatic N) is 2. The van der Waals surface area contributed by atoms with Gasteiger partial charge >= 0.3 is 0 Å². The molecule has 0 unspecified atom stereocenters. The molecule has 1 aromatic rings. The topological polar surface area (TPSA) is 61.0 Å². The maximum atomic E-state index is 5.82. The van der Waals surface area contributed by atoms with Crippen LogP contribution >= 0.6 is 0 Å². The van der Waals surface area contributed by atoms with Crippen LogP contribution in [-0.2, 0) is 6.42 Å². The molecular weight excluding hydrogens is 214 g/mol. The van der Waals surface area contributed by atoms with Crippen LogP contribution in [0.4, 0.5) is 5.82 Å². The Morgan fingerprint density at radius 3 is 2.76 bits per heavy atom. The lowest BCUT2D eigenvalue weighted by Crippen LogP contribution is -2.16. The van der Waals surface area contributed by atoms with Crippen LogP contribution in [0.2, 0.25) is 0 Å². The average molecular weight is 235 g/mol. The maximum absolute atomic E-state index is 5.82. The third-order valence-electron chi connectivity index (χ3n) is 3.47. The van der Waals surface area contributed by atoms with Gasteiger partial charge in [-0.2, -0.15) is 0 Å². The van der Waals surface area contributed by atoms with Gasteiger partial charge in [0.05, 0.1) is 12.2 Å². The zero-order chi connectivity index (χ0) is 12.1. The Balaban J connectivity index is 1.95. The van der Waals surface area contributed by atoms with Gasteiger partial charge in [-0.15, -0.1) is 0 Å². The first-order valence-corrected chi connectivity index (χ1v) is 6.53. The summed E-state index contributed by atoms with van der Waals surface area (Å²) >= 11 is 0. The van der Waals surface area contributed by atoms with Gasteiger partial charge in [0.2, 0.25) is 5.88 Å². The molecule has 0 atom stereocenters. The highest BCUT2D eigenvalue weighted by Gasteiger charge is 2.15. The fraction of sp³-hybridized carbons (Fsp3) is 0.692. The minimum absolute atomic E-state index is 0.543. The highest BCUT2D eigenvalue weighted by Crippen LogP contribution is 2.26. The fourth-order valence-electron chi connectivity index (χ4n) is 2.42. The first-order chi connectivity index (χ1) is 8.31. The Morgan fingerprint density at radius 1 is 1.29 bits per heavy atom. The van der Waals surface area contributed by atoms with Crippen LogP contribution in [0, 0.1) is 5.92 Å². The molecular formula is C13H21N3O. The lowest BCUT2D eigenvalue weighted by molar-refractivity contribution is 0.201. The first-order valence-electron chi connectivity index (χ1n) is 6.53. The molecule has 1 saturated carbocycles. The van der Waals surface area contributed by atoms with E-state index in [0.717, 1.165) is 18.6 Å². The molecule has 1 aromatic heterocycles. The van der Waals surface area contributed by atoms with E-state index >= 15 is 0 Å². The summed E-state index contributed by atoms with van der Waals surface area (Å²) in [6, 6.07) is 0. The van der Waals surface area contributed by atoms with E-state index in [1.165, 1.54) is 38.4 Å². The molecule has 0 bridgehead atoms. The smallest absolute Gasteiger partial charge is 0.221 e. The molecule has 4 nitrogen and oxygen atoms in total. The molecule has 1 heterocycles. The van der Waals surface area contributed by atoms with Crippen molar-refractivity contribution in [3.63, 3.8) is 0 Å². The Morgan fingerprint density at radius 2 is 2.06 bits per heavy atom. The Kier molecular flexibility index (Phi) is 4.18. The molecule has 0 radical (unpaired) electrons. The average Bonchev–Trinajstić information content (AvgIpc) is 2.37. The minimum Gasteiger partial charge on any atom is -0.477 e. The molecule has 2 rings (SSSR count). The second-order valence-electron chi connectivity index (χ2n) is 4.71. The van der Waals surface area contributed by atoms with E-state index in [4.69, 9.17) is 10.5 Å². The van der Waals surface area contributed by atoms with Crippen LogP contribution in [0.25, 0.3) is 0 Å². The number of hydrogen-bond acceptors (Lipinski definition) is 4. The van der Waals surface area contributed by atoms with Crippen molar-refractivity contribution in [2.45, 2.75) is 45.4 Å². The first kappa shape index (κ1) is 12.1. The predicted molar refractivity (Wildman–Crippen MR) is 67.9 cm³/mol. The van der Waals surface area contributed by atoms with Gasteiger partial charge in [-0.05, 0) is 25.2 Å². The molecule has 94 valence electrons. The van der Waals surface area contributed by atoms with Crippen molar-refractivity contribution in [2.75, 3.05) is 12.3 Å². The van der Waals surface area contributed by atoms with Gasteiger partial charge in [-0.1, -0.05) is 26.2 Å². The summed E-state index contributed by atoms with van der Waals surface area (Å²) < 4.78 is 5.82. The van der Waals surface area contributed by atoms with Gasteiger partial charge < -0.3 is 10.5 Å². The van der Waals surface area contributed by atoms with Gasteiger partial charge in [0.15, 0.2) is 0 Å². The number of aromatic nitrogens is 2. The summed E-state index contributed by atoms with van der Waals surface area (Å²) in [5.41, 5.74) is 6.74. The van der Waals surface area contributed by atoms with Crippen LogP contribution in [0.15, 0.2) is 6.33 Å². The summed E-state index contributed by atoms with van der Waals surface area (Å²) in [7, 11) is 0. The highest BCUT2D eigenvalue weighted by atomic mass is 16.5. The maximum Gasteiger partial charge on any atom is 0.221 e. The number of nitrogens with two attached hydrogens (primary N) is 1. The Bertz CT molecular complexity index is 362. The molecule has 1 aliphatic rings. The van der Waals surface area contributed by atoms with E-state index in [9.17, 15) is 0 Å². The summed E-state index contributed by atoms with van der Waals surface area (Å²) in [4.78, 5) is 8.17. The molecule has 4 heteroatoms. The molecule has 0 aromatic carbocycles. The minimum atomic E-state index is 0.543. The molecule has 1 aliphatic carbocycles. The number of ether oxygens (including phenoxy) is 1. The molecule has 17 heavy (non-hydrogen) atoms. The molecule has 2 N–H and O–H groups in total. The number of hydrogen-bond donors (Lipinski definition) is 1. The fourth-order valence-corrected chi connectivity index (χ4v) is 2.42. The van der Waals surface area contributed by atoms with Crippen LogP contribution in [-0.4, -0.2) is 16.6 Å². The Hall–Kier alpha value is -1.32. The van der Waals surface area contributed by atoms with Crippen molar-refractivity contribution in [1.29, 1.82) is 0 Å². The van der Waals surface area contributed by atoms with E-state index in [2.05, 4.69) is 9.97 Å². The highest BCUT2D eigenvalue weighted by molar-refractivity contribution is 5.44. The van der Waals surface area contributed by atoms with Crippen molar-refractivity contribution in [1.82, 2.24) is 9.97 Å². The van der Waals surface area contributed by atoms with Crippen molar-refractivity contribution in [3.05, 3.63) is 11.9 Å². The van der Waals surface area contributed by atoms with Gasteiger partial charge in [0.25, 0.3) is 0 Å². The summed E-state index contributed by atoms with van der Waals surface area (Å²) in [6.07, 6.45) is 8.89. The quantitative estimate of drug-likeness (QED) is 0.871. The van der Waals surface area contributed by atoms with Gasteiger partial charge in [0.1, 0.15) is 12.1 Å². The number of rotatable bonds is 4. The predicted octanol–water partition coefficient (Wildman–Crippen LogP) is 2.58. The van der Waals surface area contributed by atoms with Crippen molar-refractivity contribution in [2.24, 2.45) is 5.92 Å². The monoisotopic (exact) mass is 235 g/mol. The Labute approximate surface area is 103 Å². The standard InChI is InChI=1S/C13H21N3O/c1-2-11-12(14)15-9-16-13(11)17-8-10-6-4-3-5-7-10/h9-10H,2-8H2,1H3,(H2,14,15,16). The second-order valence-corrected chi connectivity index (χ2v) is 4.71. The van der Waals surface area contributed by atoms with E-state index in [-0.39, 0.29) is 0 Å². The van der Waals surface area contributed by atoms with Gasteiger partial charge in [-0.3, -0.25) is 0 Å². The van der Waals surface area contributed by atoms with E-state index < -0.39 is 0 Å². The second kappa shape index (κ2) is 5.84. The van der Waals surface area contributed by atoms with Gasteiger partial charge in [-0.25, -0.2) is 9.97 Å². The molecule has 1 fully saturated rings. The van der Waals surface area contributed by atoms with E-state index in [0.29, 0.717) is 17.6 Å². The zero-order valence-electron chi connectivity index (χ0n) is 10.5. The van der Waals surface area contributed by atoms with E-state index in [1.54, 1.807) is 0 Å². The van der Waals surface area contributed by atoms with Crippen LogP contribution in [0.1, 0.15) is 44.6 Å². The number of anilines is 1. The third-order valence-corrected chi connectivity index (χ3v) is 3.47. The van der Waals surface area contributed by atoms with Crippen LogP contribution < -0.4 is 10.5 Å². The molecule has 0 spiro atoms. The summed E-state index contributed by atoms with van der Waals surface area (Å²) in [5, 5.41) is 0. The third kappa shape index (κ3) is 3.08. The van der Waals surface area contributed by atoms with E-state index in [1.807, 2.05) is 6.92 Å². The van der Waals surface area contributed by atoms with Crippen molar-refractivity contribution in [3.8, 4) is 5.88 Å². The SMILES string of the molecule is CCc1c(N)ncnc1OCC1CCCCC1. The largest absolute Gasteiger partial charge is 0.477 e. The molecule has 0 amide bonds. The lowest BCUT2D eigenvalue weighted by Gasteiger charge is -2.21. The van der Waals surface area contributed by atoms with Crippen molar-refractivity contribution >= 4 is 5.82 Å². The number of nitrogen functional groups attached to an aromatic ring is 1.